The number of methoxy groups -OCH3 is 1. The predicted molar refractivity (Wildman–Crippen MR) is 79.8 cm³/mol. The Balaban J connectivity index is 2.18. The summed E-state index contributed by atoms with van der Waals surface area (Å²) in [5, 5.41) is 2.38. The summed E-state index contributed by atoms with van der Waals surface area (Å²) in [7, 11) is 1.19. The number of esters is 1. The van der Waals surface area contributed by atoms with E-state index in [1.54, 1.807) is 24.3 Å². The molecule has 0 saturated heterocycles. The highest BCUT2D eigenvalue weighted by Crippen LogP contribution is 2.11. The molecule has 4 nitrogen and oxygen atoms in total. The minimum atomic E-state index is -1.00. The van der Waals surface area contributed by atoms with Gasteiger partial charge in [-0.2, -0.15) is 0 Å². The molecular weight excluding hydrogens is 304 g/mol. The Morgan fingerprint density at radius 1 is 1.13 bits per heavy atom. The van der Waals surface area contributed by atoms with Gasteiger partial charge in [0.2, 0.25) is 0 Å². The molecule has 0 fully saturated rings. The van der Waals surface area contributed by atoms with Crippen LogP contribution in [0.3, 0.4) is 0 Å². The van der Waals surface area contributed by atoms with Gasteiger partial charge >= 0.3 is 5.97 Å². The van der Waals surface area contributed by atoms with Gasteiger partial charge in [-0.15, -0.1) is 0 Å². The summed E-state index contributed by atoms with van der Waals surface area (Å²) in [6.07, 6.45) is 0.177. The third-order valence-electron chi connectivity index (χ3n) is 3.25. The highest BCUT2D eigenvalue weighted by Gasteiger charge is 2.24. The van der Waals surface area contributed by atoms with Crippen molar-refractivity contribution in [1.82, 2.24) is 5.32 Å². The number of halogens is 2. The van der Waals surface area contributed by atoms with Crippen LogP contribution >= 0.6 is 0 Å². The Bertz CT molecular complexity index is 704. The molecule has 23 heavy (non-hydrogen) atoms. The average Bonchev–Trinajstić information content (AvgIpc) is 2.56. The largest absolute Gasteiger partial charge is 0.467 e. The molecule has 1 amide bonds. The number of amides is 1. The fraction of sp³-hybridized carbons (Fsp3) is 0.176. The standard InChI is InChI=1S/C17H15F2NO3/c1-23-17(22)15(9-11-5-3-2-4-6-11)20-16(21)13-10-12(18)7-8-14(13)19/h2-8,10,15H,9H2,1H3,(H,20,21). The molecule has 0 saturated carbocycles. The first-order valence-corrected chi connectivity index (χ1v) is 6.89. The Morgan fingerprint density at radius 2 is 1.83 bits per heavy atom. The van der Waals surface area contributed by atoms with Crippen molar-refractivity contribution in [3.8, 4) is 0 Å². The van der Waals surface area contributed by atoms with E-state index in [-0.39, 0.29) is 6.42 Å². The fourth-order valence-electron chi connectivity index (χ4n) is 2.09. The van der Waals surface area contributed by atoms with Crippen molar-refractivity contribution in [3.63, 3.8) is 0 Å². The lowest BCUT2D eigenvalue weighted by Crippen LogP contribution is -2.43. The van der Waals surface area contributed by atoms with Crippen molar-refractivity contribution in [1.29, 1.82) is 0 Å². The number of benzene rings is 2. The van der Waals surface area contributed by atoms with E-state index >= 15 is 0 Å². The molecule has 0 bridgehead atoms. The van der Waals surface area contributed by atoms with Gasteiger partial charge in [0, 0.05) is 6.42 Å². The molecule has 1 unspecified atom stereocenters. The molecule has 0 aliphatic heterocycles. The summed E-state index contributed by atoms with van der Waals surface area (Å²) in [5.41, 5.74) is 0.329. The van der Waals surface area contributed by atoms with Gasteiger partial charge in [-0.3, -0.25) is 4.79 Å². The number of ether oxygens (including phenoxy) is 1. The molecule has 0 aliphatic rings. The first-order chi connectivity index (χ1) is 11.0. The van der Waals surface area contributed by atoms with E-state index in [4.69, 9.17) is 0 Å². The third-order valence-corrected chi connectivity index (χ3v) is 3.25. The molecule has 2 aromatic rings. The van der Waals surface area contributed by atoms with Gasteiger partial charge in [-0.05, 0) is 23.8 Å². The van der Waals surface area contributed by atoms with E-state index in [2.05, 4.69) is 10.1 Å². The second-order valence-electron chi connectivity index (χ2n) is 4.86. The van der Waals surface area contributed by atoms with Gasteiger partial charge in [0.1, 0.15) is 17.7 Å². The van der Waals surface area contributed by atoms with E-state index in [1.165, 1.54) is 7.11 Å². The topological polar surface area (TPSA) is 55.4 Å². The molecule has 0 heterocycles. The molecule has 6 heteroatoms. The summed E-state index contributed by atoms with van der Waals surface area (Å²) in [6, 6.07) is 10.5. The fourth-order valence-corrected chi connectivity index (χ4v) is 2.09. The normalized spacial score (nSPS) is 11.6. The van der Waals surface area contributed by atoms with Crippen molar-refractivity contribution in [3.05, 3.63) is 71.3 Å². The Kier molecular flexibility index (Phi) is 5.41. The van der Waals surface area contributed by atoms with Crippen molar-refractivity contribution < 1.29 is 23.1 Å². The molecule has 0 spiro atoms. The minimum absolute atomic E-state index is 0.177. The average molecular weight is 319 g/mol. The van der Waals surface area contributed by atoms with Gasteiger partial charge < -0.3 is 10.1 Å². The van der Waals surface area contributed by atoms with E-state index in [1.807, 2.05) is 6.07 Å². The van der Waals surface area contributed by atoms with E-state index in [9.17, 15) is 18.4 Å². The summed E-state index contributed by atoms with van der Waals surface area (Å²) >= 11 is 0. The first-order valence-electron chi connectivity index (χ1n) is 6.89. The maximum Gasteiger partial charge on any atom is 0.328 e. The second kappa shape index (κ2) is 7.49. The Hall–Kier alpha value is -2.76. The van der Waals surface area contributed by atoms with Crippen LogP contribution in [0.2, 0.25) is 0 Å². The highest BCUT2D eigenvalue weighted by atomic mass is 19.1. The van der Waals surface area contributed by atoms with Crippen molar-refractivity contribution in [2.24, 2.45) is 0 Å². The van der Waals surface area contributed by atoms with Crippen LogP contribution in [0, 0.1) is 11.6 Å². The number of hydrogen-bond acceptors (Lipinski definition) is 3. The zero-order valence-electron chi connectivity index (χ0n) is 12.4. The van der Waals surface area contributed by atoms with Gasteiger partial charge in [0.05, 0.1) is 12.7 Å². The van der Waals surface area contributed by atoms with Gasteiger partial charge in [0.25, 0.3) is 5.91 Å². The molecule has 120 valence electrons. The second-order valence-corrected chi connectivity index (χ2v) is 4.86. The van der Waals surface area contributed by atoms with Crippen LogP contribution in [0.5, 0.6) is 0 Å². The Morgan fingerprint density at radius 3 is 2.48 bits per heavy atom. The van der Waals surface area contributed by atoms with E-state index < -0.39 is 35.1 Å². The lowest BCUT2D eigenvalue weighted by atomic mass is 10.1. The summed E-state index contributed by atoms with van der Waals surface area (Å²) < 4.78 is 31.5. The smallest absolute Gasteiger partial charge is 0.328 e. The minimum Gasteiger partial charge on any atom is -0.467 e. The zero-order chi connectivity index (χ0) is 16.8. The number of hydrogen-bond donors (Lipinski definition) is 1. The number of nitrogens with one attached hydrogen (secondary N) is 1. The maximum atomic E-state index is 13.6. The van der Waals surface area contributed by atoms with Crippen molar-refractivity contribution in [2.75, 3.05) is 7.11 Å². The number of rotatable bonds is 5. The third kappa shape index (κ3) is 4.35. The van der Waals surface area contributed by atoms with E-state index in [0.29, 0.717) is 0 Å². The number of carbonyl (C=O) groups is 2. The zero-order valence-corrected chi connectivity index (χ0v) is 12.4. The van der Waals surface area contributed by atoms with E-state index in [0.717, 1.165) is 23.8 Å². The molecule has 1 atom stereocenters. The van der Waals surface area contributed by atoms with Crippen LogP contribution in [0.4, 0.5) is 8.78 Å². The first kappa shape index (κ1) is 16.6. The van der Waals surface area contributed by atoms with Crippen LogP contribution in [-0.4, -0.2) is 25.0 Å². The molecule has 0 aromatic heterocycles. The van der Waals surface area contributed by atoms with Crippen molar-refractivity contribution in [2.45, 2.75) is 12.5 Å². The maximum absolute atomic E-state index is 13.6. The molecule has 0 radical (unpaired) electrons. The predicted octanol–water partition coefficient (Wildman–Crippen LogP) is 2.48. The number of carbonyl (C=O) groups excluding carboxylic acids is 2. The SMILES string of the molecule is COC(=O)C(Cc1ccccc1)NC(=O)c1cc(F)ccc1F. The lowest BCUT2D eigenvalue weighted by molar-refractivity contribution is -0.142. The van der Waals surface area contributed by atoms with Crippen LogP contribution in [0.1, 0.15) is 15.9 Å². The molecule has 0 aliphatic carbocycles. The highest BCUT2D eigenvalue weighted by molar-refractivity contribution is 5.97. The summed E-state index contributed by atoms with van der Waals surface area (Å²) in [5.74, 6) is -3.16. The molecular formula is C17H15F2NO3. The van der Waals surface area contributed by atoms with Gasteiger partial charge in [-0.1, -0.05) is 30.3 Å². The van der Waals surface area contributed by atoms with Crippen LogP contribution < -0.4 is 5.32 Å². The molecule has 2 rings (SSSR count). The quantitative estimate of drug-likeness (QED) is 0.862. The lowest BCUT2D eigenvalue weighted by Gasteiger charge is -2.17. The monoisotopic (exact) mass is 319 g/mol. The molecule has 1 N–H and O–H groups in total. The van der Waals surface area contributed by atoms with Crippen molar-refractivity contribution >= 4 is 11.9 Å². The molecule has 2 aromatic carbocycles. The van der Waals surface area contributed by atoms with Crippen LogP contribution in [-0.2, 0) is 16.0 Å². The summed E-state index contributed by atoms with van der Waals surface area (Å²) in [4.78, 5) is 23.9. The van der Waals surface area contributed by atoms with Gasteiger partial charge in [0.15, 0.2) is 0 Å². The van der Waals surface area contributed by atoms with Crippen LogP contribution in [0.15, 0.2) is 48.5 Å². The summed E-state index contributed by atoms with van der Waals surface area (Å²) in [6.45, 7) is 0. The Labute approximate surface area is 132 Å². The van der Waals surface area contributed by atoms with Gasteiger partial charge in [-0.25, -0.2) is 13.6 Å². The van der Waals surface area contributed by atoms with Crippen LogP contribution in [0.25, 0.3) is 0 Å².